The second-order valence-electron chi connectivity index (χ2n) is 6.77. The number of non-ortho nitro benzene ring substituents is 1. The van der Waals surface area contributed by atoms with Gasteiger partial charge in [-0.1, -0.05) is 6.92 Å². The maximum Gasteiger partial charge on any atom is 0.275 e. The first kappa shape index (κ1) is 20.6. The molecule has 9 nitrogen and oxygen atoms in total. The number of nitrogens with zero attached hydrogens (tertiary/aromatic N) is 2. The van der Waals surface area contributed by atoms with Crippen LogP contribution in [0.5, 0.6) is 0 Å². The standard InChI is InChI=1S/C18H27N5O4/c1-3-8-19-18(25)14(2)20-17(24)13-21-9-11-22(12-10-21)15-4-6-16(7-5-15)23(26)27/h4-7,14H,3,8-13H2,1-2H3,(H,19,25)(H,20,24)/p+1/t14-/m1/s1. The van der Waals surface area contributed by atoms with Crippen LogP contribution >= 0.6 is 0 Å². The normalized spacial score (nSPS) is 15.9. The number of hydrogen-bond donors (Lipinski definition) is 3. The van der Waals surface area contributed by atoms with Crippen molar-refractivity contribution in [3.63, 3.8) is 0 Å². The van der Waals surface area contributed by atoms with Gasteiger partial charge in [0.25, 0.3) is 11.6 Å². The number of rotatable bonds is 8. The molecule has 0 bridgehead atoms. The highest BCUT2D eigenvalue weighted by molar-refractivity contribution is 5.87. The summed E-state index contributed by atoms with van der Waals surface area (Å²) in [5.41, 5.74) is 1.03. The molecule has 1 saturated heterocycles. The summed E-state index contributed by atoms with van der Waals surface area (Å²) < 4.78 is 0. The Labute approximate surface area is 158 Å². The minimum absolute atomic E-state index is 0.0803. The van der Waals surface area contributed by atoms with Crippen molar-refractivity contribution in [2.45, 2.75) is 26.3 Å². The van der Waals surface area contributed by atoms with E-state index in [-0.39, 0.29) is 17.5 Å². The fourth-order valence-corrected chi connectivity index (χ4v) is 3.03. The van der Waals surface area contributed by atoms with E-state index in [0.29, 0.717) is 13.1 Å². The highest BCUT2D eigenvalue weighted by Gasteiger charge is 2.24. The van der Waals surface area contributed by atoms with Gasteiger partial charge in [-0.25, -0.2) is 0 Å². The van der Waals surface area contributed by atoms with Crippen LogP contribution in [0.15, 0.2) is 24.3 Å². The molecular weight excluding hydrogens is 350 g/mol. The van der Waals surface area contributed by atoms with Gasteiger partial charge >= 0.3 is 0 Å². The summed E-state index contributed by atoms with van der Waals surface area (Å²) in [7, 11) is 0. The molecule has 1 fully saturated rings. The molecule has 3 N–H and O–H groups in total. The first-order valence-electron chi connectivity index (χ1n) is 9.30. The van der Waals surface area contributed by atoms with Gasteiger partial charge in [-0.3, -0.25) is 19.7 Å². The Kier molecular flexibility index (Phi) is 7.54. The van der Waals surface area contributed by atoms with Crippen molar-refractivity contribution in [1.29, 1.82) is 0 Å². The van der Waals surface area contributed by atoms with E-state index >= 15 is 0 Å². The number of hydrogen-bond acceptors (Lipinski definition) is 5. The largest absolute Gasteiger partial charge is 0.360 e. The smallest absolute Gasteiger partial charge is 0.275 e. The summed E-state index contributed by atoms with van der Waals surface area (Å²) in [5, 5.41) is 16.2. The van der Waals surface area contributed by atoms with Gasteiger partial charge in [-0.05, 0) is 25.5 Å². The molecule has 0 aliphatic carbocycles. The highest BCUT2D eigenvalue weighted by atomic mass is 16.6. The topological polar surface area (TPSA) is 109 Å². The van der Waals surface area contributed by atoms with Crippen LogP contribution in [0, 0.1) is 10.1 Å². The van der Waals surface area contributed by atoms with E-state index < -0.39 is 11.0 Å². The van der Waals surface area contributed by atoms with Gasteiger partial charge in [0.1, 0.15) is 6.04 Å². The van der Waals surface area contributed by atoms with Crippen molar-refractivity contribution in [3.8, 4) is 0 Å². The predicted octanol–water partition coefficient (Wildman–Crippen LogP) is -0.669. The number of nitro groups is 1. The van der Waals surface area contributed by atoms with E-state index in [0.717, 1.165) is 43.2 Å². The average molecular weight is 378 g/mol. The van der Waals surface area contributed by atoms with Gasteiger partial charge in [0.2, 0.25) is 5.91 Å². The van der Waals surface area contributed by atoms with E-state index in [9.17, 15) is 19.7 Å². The Morgan fingerprint density at radius 2 is 1.89 bits per heavy atom. The van der Waals surface area contributed by atoms with E-state index in [1.54, 1.807) is 19.1 Å². The van der Waals surface area contributed by atoms with Crippen LogP contribution in [0.1, 0.15) is 20.3 Å². The Morgan fingerprint density at radius 3 is 2.44 bits per heavy atom. The van der Waals surface area contributed by atoms with Crippen LogP contribution in [-0.2, 0) is 9.59 Å². The van der Waals surface area contributed by atoms with Crippen molar-refractivity contribution >= 4 is 23.2 Å². The number of carbonyl (C=O) groups excluding carboxylic acids is 2. The quantitative estimate of drug-likeness (QED) is 0.411. The fraction of sp³-hybridized carbons (Fsp3) is 0.556. The molecule has 0 radical (unpaired) electrons. The van der Waals surface area contributed by atoms with E-state index in [4.69, 9.17) is 0 Å². The van der Waals surface area contributed by atoms with Crippen molar-refractivity contribution < 1.29 is 19.4 Å². The zero-order valence-corrected chi connectivity index (χ0v) is 15.9. The molecule has 1 heterocycles. The molecule has 27 heavy (non-hydrogen) atoms. The van der Waals surface area contributed by atoms with Gasteiger partial charge in [-0.2, -0.15) is 0 Å². The molecule has 0 aromatic heterocycles. The van der Waals surface area contributed by atoms with Crippen LogP contribution in [-0.4, -0.2) is 62.0 Å². The number of nitrogens with one attached hydrogen (secondary N) is 3. The summed E-state index contributed by atoms with van der Waals surface area (Å²) in [6.07, 6.45) is 0.857. The van der Waals surface area contributed by atoms with E-state index in [1.165, 1.54) is 12.1 Å². The van der Waals surface area contributed by atoms with Gasteiger partial charge in [0.15, 0.2) is 6.54 Å². The SMILES string of the molecule is CCCNC(=O)[C@@H](C)NC(=O)C[NH+]1CCN(c2ccc([N+](=O)[O-])cc2)CC1. The second-order valence-corrected chi connectivity index (χ2v) is 6.77. The van der Waals surface area contributed by atoms with E-state index in [1.807, 2.05) is 6.92 Å². The highest BCUT2D eigenvalue weighted by Crippen LogP contribution is 2.19. The summed E-state index contributed by atoms with van der Waals surface area (Å²) >= 11 is 0. The predicted molar refractivity (Wildman–Crippen MR) is 102 cm³/mol. The zero-order valence-electron chi connectivity index (χ0n) is 15.9. The summed E-state index contributed by atoms with van der Waals surface area (Å²) in [6, 6.07) is 5.99. The number of nitro benzene ring substituents is 1. The lowest BCUT2D eigenvalue weighted by Crippen LogP contribution is -3.16. The number of anilines is 1. The third-order valence-electron chi connectivity index (χ3n) is 4.63. The number of benzene rings is 1. The Hall–Kier alpha value is -2.68. The van der Waals surface area contributed by atoms with E-state index in [2.05, 4.69) is 15.5 Å². The molecule has 1 aliphatic heterocycles. The molecule has 0 spiro atoms. The molecule has 1 aromatic carbocycles. The Balaban J connectivity index is 1.76. The van der Waals surface area contributed by atoms with Gasteiger partial charge in [-0.15, -0.1) is 0 Å². The summed E-state index contributed by atoms with van der Waals surface area (Å²) in [6.45, 7) is 7.73. The maximum absolute atomic E-state index is 12.2. The molecule has 2 rings (SSSR count). The molecule has 9 heteroatoms. The van der Waals surface area contributed by atoms with Crippen molar-refractivity contribution in [1.82, 2.24) is 10.6 Å². The van der Waals surface area contributed by atoms with Crippen LogP contribution in [0.4, 0.5) is 11.4 Å². The maximum atomic E-state index is 12.2. The molecule has 1 aromatic rings. The van der Waals surface area contributed by atoms with Crippen molar-refractivity contribution in [2.24, 2.45) is 0 Å². The first-order chi connectivity index (χ1) is 12.9. The minimum atomic E-state index is -0.537. The fourth-order valence-electron chi connectivity index (χ4n) is 3.03. The van der Waals surface area contributed by atoms with Crippen molar-refractivity contribution in [2.75, 3.05) is 44.2 Å². The molecule has 148 valence electrons. The molecular formula is C18H28N5O4+. The second kappa shape index (κ2) is 9.86. The molecule has 1 aliphatic rings. The average Bonchev–Trinajstić information content (AvgIpc) is 2.66. The monoisotopic (exact) mass is 378 g/mol. The molecule has 2 amide bonds. The number of carbonyl (C=O) groups is 2. The van der Waals surface area contributed by atoms with Gasteiger partial charge in [0, 0.05) is 24.4 Å². The zero-order chi connectivity index (χ0) is 19.8. The molecule has 0 saturated carbocycles. The third-order valence-corrected chi connectivity index (χ3v) is 4.63. The Bertz CT molecular complexity index is 656. The lowest BCUT2D eigenvalue weighted by molar-refractivity contribution is -0.892. The number of amides is 2. The number of quaternary nitrogens is 1. The van der Waals surface area contributed by atoms with Gasteiger partial charge < -0.3 is 20.4 Å². The first-order valence-corrected chi connectivity index (χ1v) is 9.30. The summed E-state index contributed by atoms with van der Waals surface area (Å²) in [4.78, 5) is 37.6. The molecule has 0 unspecified atom stereocenters. The van der Waals surface area contributed by atoms with Crippen LogP contribution < -0.4 is 20.4 Å². The lowest BCUT2D eigenvalue weighted by atomic mass is 10.2. The van der Waals surface area contributed by atoms with Gasteiger partial charge in [0.05, 0.1) is 31.1 Å². The summed E-state index contributed by atoms with van der Waals surface area (Å²) in [5.74, 6) is -0.295. The minimum Gasteiger partial charge on any atom is -0.360 e. The van der Waals surface area contributed by atoms with Crippen molar-refractivity contribution in [3.05, 3.63) is 34.4 Å². The third kappa shape index (κ3) is 6.21. The Morgan fingerprint density at radius 1 is 1.26 bits per heavy atom. The van der Waals surface area contributed by atoms with Crippen LogP contribution in [0.2, 0.25) is 0 Å². The molecule has 1 atom stereocenters. The lowest BCUT2D eigenvalue weighted by Gasteiger charge is -2.33. The van der Waals surface area contributed by atoms with Crippen LogP contribution in [0.3, 0.4) is 0 Å². The van der Waals surface area contributed by atoms with Crippen LogP contribution in [0.25, 0.3) is 0 Å². The number of piperazine rings is 1.